The number of alkyl halides is 3. The van der Waals surface area contributed by atoms with Crippen LogP contribution in [0.2, 0.25) is 0 Å². The number of rotatable bonds is 3. The third kappa shape index (κ3) is 5.70. The van der Waals surface area contributed by atoms with Gasteiger partial charge in [0.25, 0.3) is 0 Å². The summed E-state index contributed by atoms with van der Waals surface area (Å²) in [5.74, 6) is -2.76. The first-order valence-electron chi connectivity index (χ1n) is 8.96. The van der Waals surface area contributed by atoms with Gasteiger partial charge in [0.1, 0.15) is 0 Å². The number of pyridine rings is 2. The first-order chi connectivity index (χ1) is 14.9. The number of carboxylic acids is 1. The summed E-state index contributed by atoms with van der Waals surface area (Å²) in [6.07, 6.45) is -0.342. The van der Waals surface area contributed by atoms with E-state index in [-0.39, 0.29) is 0 Å². The van der Waals surface area contributed by atoms with Gasteiger partial charge in [-0.05, 0) is 29.1 Å². The molecule has 2 aromatic heterocycles. The van der Waals surface area contributed by atoms with Crippen molar-refractivity contribution in [2.24, 2.45) is 0 Å². The second-order valence-electron chi connectivity index (χ2n) is 6.70. The Hall–Kier alpha value is -3.73. The second-order valence-corrected chi connectivity index (χ2v) is 8.44. The molecule has 0 aliphatic rings. The highest BCUT2D eigenvalue weighted by Gasteiger charge is 2.38. The van der Waals surface area contributed by atoms with Gasteiger partial charge in [-0.15, -0.1) is 0 Å². The number of fused-ring (bicyclic) bond motifs is 3. The molecule has 0 fully saturated rings. The predicted molar refractivity (Wildman–Crippen MR) is 115 cm³/mol. The van der Waals surface area contributed by atoms with Crippen molar-refractivity contribution in [3.8, 4) is 11.1 Å². The maximum absolute atomic E-state index is 11.3. The van der Waals surface area contributed by atoms with E-state index in [0.29, 0.717) is 11.3 Å². The van der Waals surface area contributed by atoms with Crippen LogP contribution in [-0.4, -0.2) is 41.9 Å². The number of benzene rings is 2. The zero-order valence-electron chi connectivity index (χ0n) is 16.5. The molecule has 4 rings (SSSR count). The highest BCUT2D eigenvalue weighted by Crippen LogP contribution is 2.28. The highest BCUT2D eigenvalue weighted by molar-refractivity contribution is 7.92. The number of sulfonamides is 1. The largest absolute Gasteiger partial charge is 0.490 e. The van der Waals surface area contributed by atoms with Crippen LogP contribution in [0, 0.1) is 0 Å². The molecule has 0 spiro atoms. The van der Waals surface area contributed by atoms with Gasteiger partial charge in [-0.1, -0.05) is 36.4 Å². The summed E-state index contributed by atoms with van der Waals surface area (Å²) < 4.78 is 56.8. The number of carboxylic acid groups (broad SMARTS) is 1. The van der Waals surface area contributed by atoms with E-state index in [4.69, 9.17) is 9.90 Å². The molecule has 2 N–H and O–H groups in total. The Bertz CT molecular complexity index is 1390. The van der Waals surface area contributed by atoms with Crippen molar-refractivity contribution in [1.29, 1.82) is 0 Å². The van der Waals surface area contributed by atoms with Crippen molar-refractivity contribution >= 4 is 43.5 Å². The lowest BCUT2D eigenvalue weighted by Gasteiger charge is -2.08. The van der Waals surface area contributed by atoms with Gasteiger partial charge in [-0.3, -0.25) is 4.72 Å². The maximum Gasteiger partial charge on any atom is 0.490 e. The van der Waals surface area contributed by atoms with E-state index in [0.717, 1.165) is 33.5 Å². The second kappa shape index (κ2) is 8.79. The van der Waals surface area contributed by atoms with Crippen LogP contribution in [0.1, 0.15) is 0 Å². The lowest BCUT2D eigenvalue weighted by Crippen LogP contribution is -2.21. The minimum Gasteiger partial charge on any atom is -0.475 e. The number of hydrogen-bond donors (Lipinski definition) is 2. The van der Waals surface area contributed by atoms with Crippen LogP contribution in [0.25, 0.3) is 32.9 Å². The Morgan fingerprint density at radius 2 is 1.53 bits per heavy atom. The third-order valence-corrected chi connectivity index (χ3v) is 4.81. The summed E-state index contributed by atoms with van der Waals surface area (Å²) in [7, 11) is -3.28. The predicted octanol–water partition coefficient (Wildman–Crippen LogP) is 4.45. The molecule has 0 unspecified atom stereocenters. The molecule has 4 aromatic rings. The Labute approximate surface area is 180 Å². The molecule has 0 atom stereocenters. The van der Waals surface area contributed by atoms with Crippen LogP contribution in [0.15, 0.2) is 67.0 Å². The maximum atomic E-state index is 11.3. The number of hydrogen-bond acceptors (Lipinski definition) is 5. The van der Waals surface area contributed by atoms with Crippen molar-refractivity contribution < 1.29 is 31.5 Å². The van der Waals surface area contributed by atoms with E-state index < -0.39 is 22.2 Å². The SMILES string of the molecule is CS(=O)(=O)Nc1ccc(-c2cnc3ncc4ccccc4c3c2)cc1.O=C(O)C(F)(F)F. The molecule has 0 bridgehead atoms. The molecule has 0 amide bonds. The average Bonchev–Trinajstić information content (AvgIpc) is 2.72. The topological polar surface area (TPSA) is 109 Å². The molecule has 11 heteroatoms. The number of carbonyl (C=O) groups is 1. The summed E-state index contributed by atoms with van der Waals surface area (Å²) in [4.78, 5) is 17.8. The molecule has 0 saturated heterocycles. The number of nitrogens with one attached hydrogen (secondary N) is 1. The molecule has 2 aromatic carbocycles. The van der Waals surface area contributed by atoms with Gasteiger partial charge in [-0.25, -0.2) is 23.2 Å². The fourth-order valence-corrected chi connectivity index (χ4v) is 3.41. The molecule has 0 aliphatic carbocycles. The fraction of sp³-hybridized carbons (Fsp3) is 0.0952. The van der Waals surface area contributed by atoms with E-state index in [2.05, 4.69) is 26.8 Å². The van der Waals surface area contributed by atoms with Crippen LogP contribution >= 0.6 is 0 Å². The van der Waals surface area contributed by atoms with Gasteiger partial charge in [0.15, 0.2) is 5.65 Å². The molecule has 7 nitrogen and oxygen atoms in total. The van der Waals surface area contributed by atoms with Crippen LogP contribution in [0.5, 0.6) is 0 Å². The van der Waals surface area contributed by atoms with Crippen molar-refractivity contribution in [1.82, 2.24) is 9.97 Å². The highest BCUT2D eigenvalue weighted by atomic mass is 32.2. The van der Waals surface area contributed by atoms with Gasteiger partial charge in [-0.2, -0.15) is 13.2 Å². The lowest BCUT2D eigenvalue weighted by molar-refractivity contribution is -0.192. The van der Waals surface area contributed by atoms with E-state index in [9.17, 15) is 21.6 Å². The monoisotopic (exact) mass is 463 g/mol. The third-order valence-electron chi connectivity index (χ3n) is 4.21. The van der Waals surface area contributed by atoms with Crippen LogP contribution in [-0.2, 0) is 14.8 Å². The summed E-state index contributed by atoms with van der Waals surface area (Å²) in [5, 5.41) is 10.3. The average molecular weight is 463 g/mol. The lowest BCUT2D eigenvalue weighted by atomic mass is 10.0. The Balaban J connectivity index is 0.000000360. The summed E-state index contributed by atoms with van der Waals surface area (Å²) >= 11 is 0. The molecular weight excluding hydrogens is 447 g/mol. The van der Waals surface area contributed by atoms with Crippen molar-refractivity contribution in [2.75, 3.05) is 11.0 Å². The van der Waals surface area contributed by atoms with E-state index in [1.165, 1.54) is 0 Å². The van der Waals surface area contributed by atoms with Gasteiger partial charge >= 0.3 is 12.1 Å². The van der Waals surface area contributed by atoms with Crippen LogP contribution in [0.4, 0.5) is 18.9 Å². The molecule has 32 heavy (non-hydrogen) atoms. The summed E-state index contributed by atoms with van der Waals surface area (Å²) in [5.41, 5.74) is 3.16. The summed E-state index contributed by atoms with van der Waals surface area (Å²) in [6.45, 7) is 0. The Morgan fingerprint density at radius 1 is 0.938 bits per heavy atom. The zero-order valence-corrected chi connectivity index (χ0v) is 17.3. The Kier molecular flexibility index (Phi) is 6.30. The standard InChI is InChI=1S/C19H15N3O2S.C2HF3O2/c1-25(23,24)22-16-8-6-13(7-9-16)15-10-18-17-5-3-2-4-14(17)11-20-19(18)21-12-15;3-2(4,5)1(6)7/h2-12,22H,1H3;(H,6,7). The smallest absolute Gasteiger partial charge is 0.475 e. The minimum absolute atomic E-state index is 0.534. The normalized spacial score (nSPS) is 11.6. The van der Waals surface area contributed by atoms with Gasteiger partial charge < -0.3 is 5.11 Å². The number of nitrogens with zero attached hydrogens (tertiary/aromatic N) is 2. The van der Waals surface area contributed by atoms with Crippen LogP contribution < -0.4 is 4.72 Å². The molecule has 0 saturated carbocycles. The molecule has 166 valence electrons. The molecule has 2 heterocycles. The fourth-order valence-electron chi connectivity index (χ4n) is 2.85. The van der Waals surface area contributed by atoms with Crippen molar-refractivity contribution in [3.63, 3.8) is 0 Å². The number of aliphatic carboxylic acids is 1. The van der Waals surface area contributed by atoms with Gasteiger partial charge in [0, 0.05) is 34.4 Å². The van der Waals surface area contributed by atoms with E-state index in [1.54, 1.807) is 18.3 Å². The van der Waals surface area contributed by atoms with Crippen molar-refractivity contribution in [3.05, 3.63) is 67.0 Å². The summed E-state index contributed by atoms with van der Waals surface area (Å²) in [6, 6.07) is 17.4. The number of halogens is 3. The quantitative estimate of drug-likeness (QED) is 0.435. The molecule has 0 radical (unpaired) electrons. The first-order valence-corrected chi connectivity index (χ1v) is 10.8. The van der Waals surface area contributed by atoms with E-state index in [1.807, 2.05) is 36.5 Å². The van der Waals surface area contributed by atoms with Crippen molar-refractivity contribution in [2.45, 2.75) is 6.18 Å². The number of anilines is 1. The molecule has 0 aliphatic heterocycles. The first kappa shape index (κ1) is 22.9. The number of aromatic nitrogens is 2. The molecular formula is C21H16F3N3O4S. The minimum atomic E-state index is -5.08. The van der Waals surface area contributed by atoms with Gasteiger partial charge in [0.2, 0.25) is 10.0 Å². The van der Waals surface area contributed by atoms with E-state index >= 15 is 0 Å². The van der Waals surface area contributed by atoms with Crippen LogP contribution in [0.3, 0.4) is 0 Å². The Morgan fingerprint density at radius 3 is 2.12 bits per heavy atom. The van der Waals surface area contributed by atoms with Gasteiger partial charge in [0.05, 0.1) is 6.26 Å². The zero-order chi connectivity index (χ0) is 23.5.